The Kier molecular flexibility index (Phi) is 5.81. The zero-order valence-corrected chi connectivity index (χ0v) is 10.5. The van der Waals surface area contributed by atoms with Gasteiger partial charge >= 0.3 is 0 Å². The van der Waals surface area contributed by atoms with Crippen LogP contribution in [0.5, 0.6) is 0 Å². The van der Waals surface area contributed by atoms with Crippen LogP contribution < -0.4 is 16.6 Å². The van der Waals surface area contributed by atoms with Gasteiger partial charge < -0.3 is 5.32 Å². The van der Waals surface area contributed by atoms with Crippen molar-refractivity contribution in [3.63, 3.8) is 0 Å². The lowest BCUT2D eigenvalue weighted by atomic mass is 10.2. The van der Waals surface area contributed by atoms with Gasteiger partial charge in [0, 0.05) is 24.9 Å². The monoisotopic (exact) mass is 241 g/mol. The highest BCUT2D eigenvalue weighted by molar-refractivity contribution is 7.07. The van der Waals surface area contributed by atoms with Gasteiger partial charge in [0.1, 0.15) is 0 Å². The second kappa shape index (κ2) is 7.19. The molecule has 0 bridgehead atoms. The van der Waals surface area contributed by atoms with Crippen LogP contribution >= 0.6 is 11.3 Å². The molecule has 0 spiro atoms. The van der Waals surface area contributed by atoms with Gasteiger partial charge in [-0.05, 0) is 5.92 Å². The summed E-state index contributed by atoms with van der Waals surface area (Å²) in [7, 11) is 0. The highest BCUT2D eigenvalue weighted by Crippen LogP contribution is 2.00. The number of aliphatic imine (C=N–C) groups is 1. The summed E-state index contributed by atoms with van der Waals surface area (Å²) in [6, 6.07) is 0. The SMILES string of the molecule is CC(C)CN=C(NN)NCCc1cscn1. The largest absolute Gasteiger partial charge is 0.355 e. The van der Waals surface area contributed by atoms with Crippen LogP contribution in [0.3, 0.4) is 0 Å². The zero-order valence-electron chi connectivity index (χ0n) is 9.73. The van der Waals surface area contributed by atoms with Gasteiger partial charge in [-0.3, -0.25) is 10.4 Å². The molecule has 6 heteroatoms. The van der Waals surface area contributed by atoms with E-state index < -0.39 is 0 Å². The Balaban J connectivity index is 2.26. The van der Waals surface area contributed by atoms with Crippen molar-refractivity contribution in [1.82, 2.24) is 15.7 Å². The van der Waals surface area contributed by atoms with Crippen LogP contribution in [0, 0.1) is 5.92 Å². The molecule has 0 amide bonds. The minimum atomic E-state index is 0.531. The highest BCUT2D eigenvalue weighted by Gasteiger charge is 1.98. The van der Waals surface area contributed by atoms with Gasteiger partial charge in [0.15, 0.2) is 0 Å². The molecule has 0 radical (unpaired) electrons. The van der Waals surface area contributed by atoms with Crippen LogP contribution in [0.25, 0.3) is 0 Å². The van der Waals surface area contributed by atoms with E-state index in [1.807, 2.05) is 10.9 Å². The van der Waals surface area contributed by atoms with E-state index in [0.29, 0.717) is 11.9 Å². The van der Waals surface area contributed by atoms with Gasteiger partial charge in [0.05, 0.1) is 11.2 Å². The van der Waals surface area contributed by atoms with Gasteiger partial charge in [0.2, 0.25) is 5.96 Å². The van der Waals surface area contributed by atoms with Gasteiger partial charge in [-0.15, -0.1) is 11.3 Å². The van der Waals surface area contributed by atoms with Crippen molar-refractivity contribution in [2.75, 3.05) is 13.1 Å². The first-order valence-electron chi connectivity index (χ1n) is 5.34. The quantitative estimate of drug-likeness (QED) is 0.308. The maximum absolute atomic E-state index is 5.36. The van der Waals surface area contributed by atoms with Crippen molar-refractivity contribution in [3.8, 4) is 0 Å². The molecule has 5 nitrogen and oxygen atoms in total. The molecule has 1 rings (SSSR count). The summed E-state index contributed by atoms with van der Waals surface area (Å²) in [5, 5.41) is 5.19. The number of nitrogens with zero attached hydrogens (tertiary/aromatic N) is 2. The van der Waals surface area contributed by atoms with Crippen molar-refractivity contribution in [3.05, 3.63) is 16.6 Å². The smallest absolute Gasteiger partial charge is 0.205 e. The molecule has 0 atom stereocenters. The summed E-state index contributed by atoms with van der Waals surface area (Å²) in [4.78, 5) is 8.51. The normalized spacial score (nSPS) is 11.9. The molecule has 0 aliphatic carbocycles. The fraction of sp³-hybridized carbons (Fsp3) is 0.600. The first kappa shape index (κ1) is 12.9. The molecular formula is C10H19N5S. The first-order chi connectivity index (χ1) is 7.72. The molecule has 4 N–H and O–H groups in total. The van der Waals surface area contributed by atoms with Gasteiger partial charge in [0.25, 0.3) is 0 Å². The average Bonchev–Trinajstić information content (AvgIpc) is 2.75. The van der Waals surface area contributed by atoms with Crippen LogP contribution in [0.15, 0.2) is 15.9 Å². The van der Waals surface area contributed by atoms with E-state index in [-0.39, 0.29) is 0 Å². The number of rotatable bonds is 5. The minimum absolute atomic E-state index is 0.531. The molecule has 0 unspecified atom stereocenters. The van der Waals surface area contributed by atoms with Gasteiger partial charge in [-0.2, -0.15) is 0 Å². The molecule has 1 aromatic heterocycles. The van der Waals surface area contributed by atoms with E-state index >= 15 is 0 Å². The number of nitrogens with one attached hydrogen (secondary N) is 2. The lowest BCUT2D eigenvalue weighted by Gasteiger charge is -2.09. The lowest BCUT2D eigenvalue weighted by molar-refractivity contribution is 0.656. The van der Waals surface area contributed by atoms with Crippen LogP contribution in [-0.2, 0) is 6.42 Å². The molecule has 90 valence electrons. The molecule has 0 aliphatic rings. The van der Waals surface area contributed by atoms with E-state index in [0.717, 1.165) is 25.2 Å². The summed E-state index contributed by atoms with van der Waals surface area (Å²) >= 11 is 1.61. The molecule has 0 aliphatic heterocycles. The topological polar surface area (TPSA) is 75.3 Å². The third kappa shape index (κ3) is 5.09. The Hall–Kier alpha value is -1.14. The molecule has 0 fully saturated rings. The predicted octanol–water partition coefficient (Wildman–Crippen LogP) is 0.750. The second-order valence-electron chi connectivity index (χ2n) is 3.88. The van der Waals surface area contributed by atoms with E-state index in [2.05, 4.69) is 34.6 Å². The molecule has 0 saturated heterocycles. The highest BCUT2D eigenvalue weighted by atomic mass is 32.1. The number of hydrogen-bond donors (Lipinski definition) is 3. The van der Waals surface area contributed by atoms with Crippen LogP contribution in [-0.4, -0.2) is 24.0 Å². The Labute approximate surface area is 100 Å². The van der Waals surface area contributed by atoms with Gasteiger partial charge in [-0.1, -0.05) is 13.8 Å². The third-order valence-electron chi connectivity index (χ3n) is 1.91. The van der Waals surface area contributed by atoms with E-state index in [4.69, 9.17) is 5.84 Å². The van der Waals surface area contributed by atoms with E-state index in [1.165, 1.54) is 0 Å². The van der Waals surface area contributed by atoms with Crippen molar-refractivity contribution >= 4 is 17.3 Å². The zero-order chi connectivity index (χ0) is 11.8. The van der Waals surface area contributed by atoms with Crippen LogP contribution in [0.1, 0.15) is 19.5 Å². The third-order valence-corrected chi connectivity index (χ3v) is 2.54. The van der Waals surface area contributed by atoms with Crippen LogP contribution in [0.4, 0.5) is 0 Å². The van der Waals surface area contributed by atoms with Gasteiger partial charge in [-0.25, -0.2) is 10.8 Å². The summed E-state index contributed by atoms with van der Waals surface area (Å²) in [5.41, 5.74) is 5.49. The number of hydrogen-bond acceptors (Lipinski definition) is 4. The number of guanidine groups is 1. The second-order valence-corrected chi connectivity index (χ2v) is 4.60. The fourth-order valence-electron chi connectivity index (χ4n) is 1.10. The maximum Gasteiger partial charge on any atom is 0.205 e. The lowest BCUT2D eigenvalue weighted by Crippen LogP contribution is -2.42. The standard InChI is InChI=1S/C10H19N5S/c1-8(2)5-13-10(15-11)12-4-3-9-6-16-7-14-9/h6-8H,3-5,11H2,1-2H3,(H2,12,13,15). The van der Waals surface area contributed by atoms with Crippen molar-refractivity contribution in [2.45, 2.75) is 20.3 Å². The first-order valence-corrected chi connectivity index (χ1v) is 6.28. The summed E-state index contributed by atoms with van der Waals surface area (Å²) < 4.78 is 0. The maximum atomic E-state index is 5.36. The van der Waals surface area contributed by atoms with Crippen molar-refractivity contribution < 1.29 is 0 Å². The van der Waals surface area contributed by atoms with E-state index in [1.54, 1.807) is 11.3 Å². The Bertz CT molecular complexity index is 307. The summed E-state index contributed by atoms with van der Waals surface area (Å²) in [6.45, 7) is 5.79. The number of thiazole rings is 1. The van der Waals surface area contributed by atoms with Crippen molar-refractivity contribution in [1.29, 1.82) is 0 Å². The molecule has 16 heavy (non-hydrogen) atoms. The molecule has 0 aromatic carbocycles. The molecule has 1 aromatic rings. The Morgan fingerprint density at radius 1 is 1.62 bits per heavy atom. The molecule has 1 heterocycles. The summed E-state index contributed by atoms with van der Waals surface area (Å²) in [6.07, 6.45) is 0.881. The Morgan fingerprint density at radius 2 is 2.44 bits per heavy atom. The average molecular weight is 241 g/mol. The molecular weight excluding hydrogens is 222 g/mol. The van der Waals surface area contributed by atoms with Crippen LogP contribution in [0.2, 0.25) is 0 Å². The summed E-state index contributed by atoms with van der Waals surface area (Å²) in [5.74, 6) is 6.54. The van der Waals surface area contributed by atoms with Crippen molar-refractivity contribution in [2.24, 2.45) is 16.8 Å². The predicted molar refractivity (Wildman–Crippen MR) is 68.3 cm³/mol. The van der Waals surface area contributed by atoms with E-state index in [9.17, 15) is 0 Å². The number of hydrazine groups is 1. The Morgan fingerprint density at radius 3 is 3.00 bits per heavy atom. The molecule has 0 saturated carbocycles. The number of nitrogens with two attached hydrogens (primary N) is 1. The fourth-order valence-corrected chi connectivity index (χ4v) is 1.69. The number of aromatic nitrogens is 1. The minimum Gasteiger partial charge on any atom is -0.355 e.